The number of aromatic nitrogens is 1. The van der Waals surface area contributed by atoms with E-state index in [1.807, 2.05) is 24.3 Å². The molecule has 26 heavy (non-hydrogen) atoms. The zero-order valence-corrected chi connectivity index (χ0v) is 17.0. The molecule has 0 amide bonds. The smallest absolute Gasteiger partial charge is 0.257 e. The van der Waals surface area contributed by atoms with Crippen molar-refractivity contribution in [3.63, 3.8) is 0 Å². The molecule has 1 aromatic heterocycles. The van der Waals surface area contributed by atoms with Crippen LogP contribution in [0.1, 0.15) is 24.2 Å². The van der Waals surface area contributed by atoms with Gasteiger partial charge in [-0.1, -0.05) is 42.4 Å². The number of rotatable bonds is 6. The molecule has 0 N–H and O–H groups in total. The fourth-order valence-corrected chi connectivity index (χ4v) is 4.53. The molecule has 0 saturated carbocycles. The largest absolute Gasteiger partial charge is 0.431 e. The van der Waals surface area contributed by atoms with Crippen molar-refractivity contribution >= 4 is 44.5 Å². The number of benzene rings is 2. The molecule has 5 nitrogen and oxygen atoms in total. The Labute approximate surface area is 162 Å². The Morgan fingerprint density at radius 3 is 2.50 bits per heavy atom. The molecule has 3 aromatic rings. The van der Waals surface area contributed by atoms with Gasteiger partial charge in [-0.15, -0.1) is 0 Å². The van der Waals surface area contributed by atoms with Crippen molar-refractivity contribution in [3.05, 3.63) is 53.1 Å². The Hall–Kier alpha value is -1.54. The number of nitrogens with zero attached hydrogens (tertiary/aromatic N) is 2. The van der Waals surface area contributed by atoms with Crippen LogP contribution >= 0.6 is 23.4 Å². The van der Waals surface area contributed by atoms with Crippen LogP contribution in [-0.2, 0) is 10.0 Å². The fraction of sp³-hybridized carbons (Fsp3) is 0.278. The molecule has 0 saturated heterocycles. The highest BCUT2D eigenvalue weighted by atomic mass is 35.5. The van der Waals surface area contributed by atoms with Crippen LogP contribution in [0, 0.1) is 0 Å². The maximum Gasteiger partial charge on any atom is 0.257 e. The van der Waals surface area contributed by atoms with Gasteiger partial charge < -0.3 is 4.42 Å². The van der Waals surface area contributed by atoms with Crippen LogP contribution in [0.25, 0.3) is 11.1 Å². The molecule has 1 atom stereocenters. The third-order valence-electron chi connectivity index (χ3n) is 3.97. The number of halogens is 1. The Kier molecular flexibility index (Phi) is 5.62. The van der Waals surface area contributed by atoms with Crippen molar-refractivity contribution in [3.8, 4) is 0 Å². The SMILES string of the molecule is CCC(Sc1nc2cc(S(=O)(=O)N(C)C)ccc2o1)c1ccc(Cl)cc1. The summed E-state index contributed by atoms with van der Waals surface area (Å²) in [6.07, 6.45) is 0.894. The highest BCUT2D eigenvalue weighted by Gasteiger charge is 2.20. The molecule has 0 fully saturated rings. The summed E-state index contributed by atoms with van der Waals surface area (Å²) in [6.45, 7) is 2.09. The second-order valence-corrected chi connectivity index (χ2v) is 9.71. The predicted molar refractivity (Wildman–Crippen MR) is 105 cm³/mol. The van der Waals surface area contributed by atoms with Crippen LogP contribution in [-0.4, -0.2) is 31.8 Å². The summed E-state index contributed by atoms with van der Waals surface area (Å²) in [4.78, 5) is 4.66. The maximum absolute atomic E-state index is 12.3. The van der Waals surface area contributed by atoms with E-state index < -0.39 is 10.0 Å². The molecule has 0 aliphatic rings. The van der Waals surface area contributed by atoms with Gasteiger partial charge in [-0.2, -0.15) is 0 Å². The number of oxazole rings is 1. The average molecular weight is 411 g/mol. The lowest BCUT2D eigenvalue weighted by Crippen LogP contribution is -2.22. The summed E-state index contributed by atoms with van der Waals surface area (Å²) in [6, 6.07) is 12.4. The molecular weight excluding hydrogens is 392 g/mol. The highest BCUT2D eigenvalue weighted by Crippen LogP contribution is 2.38. The van der Waals surface area contributed by atoms with Gasteiger partial charge in [0.15, 0.2) is 5.58 Å². The summed E-state index contributed by atoms with van der Waals surface area (Å²) >= 11 is 7.47. The number of sulfonamides is 1. The molecule has 0 radical (unpaired) electrons. The third-order valence-corrected chi connectivity index (χ3v) is 7.30. The molecular formula is C18H19ClN2O3S2. The summed E-state index contributed by atoms with van der Waals surface area (Å²) < 4.78 is 31.5. The van der Waals surface area contributed by atoms with Gasteiger partial charge in [0.2, 0.25) is 10.0 Å². The van der Waals surface area contributed by atoms with Crippen molar-refractivity contribution in [2.45, 2.75) is 28.7 Å². The van der Waals surface area contributed by atoms with E-state index in [1.54, 1.807) is 12.1 Å². The molecule has 0 spiro atoms. The van der Waals surface area contributed by atoms with Crippen molar-refractivity contribution < 1.29 is 12.8 Å². The first-order valence-corrected chi connectivity index (χ1v) is 10.8. The van der Waals surface area contributed by atoms with Gasteiger partial charge in [0.25, 0.3) is 5.22 Å². The molecule has 138 valence electrons. The number of fused-ring (bicyclic) bond motifs is 1. The Morgan fingerprint density at radius 1 is 1.19 bits per heavy atom. The van der Waals surface area contributed by atoms with Gasteiger partial charge in [-0.25, -0.2) is 17.7 Å². The van der Waals surface area contributed by atoms with Crippen molar-refractivity contribution in [1.29, 1.82) is 0 Å². The first-order valence-electron chi connectivity index (χ1n) is 8.06. The maximum atomic E-state index is 12.3. The van der Waals surface area contributed by atoms with Crippen LogP contribution in [0.2, 0.25) is 5.02 Å². The summed E-state index contributed by atoms with van der Waals surface area (Å²) in [7, 11) is -0.498. The lowest BCUT2D eigenvalue weighted by Gasteiger charge is -2.12. The minimum Gasteiger partial charge on any atom is -0.431 e. The lowest BCUT2D eigenvalue weighted by molar-refractivity contribution is 0.488. The molecule has 1 heterocycles. The van der Waals surface area contributed by atoms with Gasteiger partial charge in [-0.05, 0) is 42.3 Å². The first-order chi connectivity index (χ1) is 12.3. The number of hydrogen-bond donors (Lipinski definition) is 0. The second kappa shape index (κ2) is 7.60. The summed E-state index contributed by atoms with van der Waals surface area (Å²) in [5.74, 6) is 0. The lowest BCUT2D eigenvalue weighted by atomic mass is 10.1. The molecule has 0 bridgehead atoms. The topological polar surface area (TPSA) is 63.4 Å². The van der Waals surface area contributed by atoms with Gasteiger partial charge >= 0.3 is 0 Å². The normalized spacial score (nSPS) is 13.4. The van der Waals surface area contributed by atoms with Crippen molar-refractivity contribution in [1.82, 2.24) is 9.29 Å². The summed E-state index contributed by atoms with van der Waals surface area (Å²) in [5.41, 5.74) is 2.23. The van der Waals surface area contributed by atoms with E-state index in [4.69, 9.17) is 16.0 Å². The van der Waals surface area contributed by atoms with Gasteiger partial charge in [0, 0.05) is 24.4 Å². The van der Waals surface area contributed by atoms with E-state index in [1.165, 1.54) is 36.2 Å². The molecule has 3 rings (SSSR count). The average Bonchev–Trinajstić information content (AvgIpc) is 3.02. The number of hydrogen-bond acceptors (Lipinski definition) is 5. The van der Waals surface area contributed by atoms with Crippen LogP contribution in [0.15, 0.2) is 57.0 Å². The molecule has 0 aliphatic carbocycles. The molecule has 2 aromatic carbocycles. The number of thioether (sulfide) groups is 1. The van der Waals surface area contributed by atoms with Gasteiger partial charge in [-0.3, -0.25) is 0 Å². The minimum atomic E-state index is -3.50. The van der Waals surface area contributed by atoms with Crippen molar-refractivity contribution in [2.75, 3.05) is 14.1 Å². The molecule has 1 unspecified atom stereocenters. The molecule has 8 heteroatoms. The Bertz CT molecular complexity index is 1010. The van der Waals surface area contributed by atoms with E-state index in [0.29, 0.717) is 21.3 Å². The summed E-state index contributed by atoms with van der Waals surface area (Å²) in [5, 5.41) is 1.39. The monoisotopic (exact) mass is 410 g/mol. The zero-order chi connectivity index (χ0) is 18.9. The molecule has 0 aliphatic heterocycles. The zero-order valence-electron chi connectivity index (χ0n) is 14.6. The fourth-order valence-electron chi connectivity index (χ4n) is 2.49. The highest BCUT2D eigenvalue weighted by molar-refractivity contribution is 7.99. The Morgan fingerprint density at radius 2 is 1.88 bits per heavy atom. The third kappa shape index (κ3) is 3.91. The van der Waals surface area contributed by atoms with E-state index in [-0.39, 0.29) is 10.1 Å². The van der Waals surface area contributed by atoms with E-state index >= 15 is 0 Å². The van der Waals surface area contributed by atoms with Crippen LogP contribution in [0.5, 0.6) is 0 Å². The van der Waals surface area contributed by atoms with Crippen molar-refractivity contribution in [2.24, 2.45) is 0 Å². The van der Waals surface area contributed by atoms with Gasteiger partial charge in [0.1, 0.15) is 5.52 Å². The quantitative estimate of drug-likeness (QED) is 0.536. The van der Waals surface area contributed by atoms with Crippen LogP contribution < -0.4 is 0 Å². The van der Waals surface area contributed by atoms with E-state index in [0.717, 1.165) is 12.0 Å². The minimum absolute atomic E-state index is 0.172. The van der Waals surface area contributed by atoms with Gasteiger partial charge in [0.05, 0.1) is 4.90 Å². The second-order valence-electron chi connectivity index (χ2n) is 5.96. The van der Waals surface area contributed by atoms with E-state index in [9.17, 15) is 8.42 Å². The van der Waals surface area contributed by atoms with E-state index in [2.05, 4.69) is 11.9 Å². The predicted octanol–water partition coefficient (Wildman–Crippen LogP) is 4.97. The Balaban J connectivity index is 1.90. The first kappa shape index (κ1) is 19.2. The standard InChI is InChI=1S/C18H19ClN2O3S2/c1-4-17(12-5-7-13(19)8-6-12)25-18-20-15-11-14(9-10-16(15)24-18)26(22,23)21(2)3/h5-11,17H,4H2,1-3H3. The van der Waals surface area contributed by atoms with Crippen LogP contribution in [0.3, 0.4) is 0 Å². The van der Waals surface area contributed by atoms with Crippen LogP contribution in [0.4, 0.5) is 0 Å².